The van der Waals surface area contributed by atoms with Crippen LogP contribution in [0.3, 0.4) is 0 Å². The summed E-state index contributed by atoms with van der Waals surface area (Å²) >= 11 is 0. The highest BCUT2D eigenvalue weighted by molar-refractivity contribution is 5.28. The molecule has 0 saturated heterocycles. The van der Waals surface area contributed by atoms with Gasteiger partial charge in [-0.25, -0.2) is 0 Å². The third-order valence-electron chi connectivity index (χ3n) is 6.15. The molecule has 2 aliphatic rings. The number of benzene rings is 1. The molecule has 2 saturated carbocycles. The maximum absolute atomic E-state index is 3.74. The van der Waals surface area contributed by atoms with Crippen LogP contribution in [0.25, 0.3) is 0 Å². The predicted octanol–water partition coefficient (Wildman–Crippen LogP) is 5.06. The summed E-state index contributed by atoms with van der Waals surface area (Å²) in [5.41, 5.74) is 1.97. The highest BCUT2D eigenvalue weighted by Crippen LogP contribution is 2.45. The van der Waals surface area contributed by atoms with Crippen LogP contribution in [0, 0.1) is 5.92 Å². The van der Waals surface area contributed by atoms with Crippen LogP contribution < -0.4 is 5.32 Å². The summed E-state index contributed by atoms with van der Waals surface area (Å²) in [6.45, 7) is 0. The Morgan fingerprint density at radius 3 is 2.29 bits per heavy atom. The van der Waals surface area contributed by atoms with E-state index in [9.17, 15) is 0 Å². The van der Waals surface area contributed by atoms with E-state index in [0.29, 0.717) is 11.5 Å². The Morgan fingerprint density at radius 2 is 1.67 bits per heavy atom. The first-order valence-electron chi connectivity index (χ1n) is 9.08. The first-order valence-corrected chi connectivity index (χ1v) is 9.08. The summed E-state index contributed by atoms with van der Waals surface area (Å²) in [5.74, 6) is 0.963. The Kier molecular flexibility index (Phi) is 5.00. The summed E-state index contributed by atoms with van der Waals surface area (Å²) in [7, 11) is 2.19. The van der Waals surface area contributed by atoms with E-state index in [4.69, 9.17) is 0 Å². The van der Waals surface area contributed by atoms with Gasteiger partial charge in [0.1, 0.15) is 0 Å². The fourth-order valence-corrected chi connectivity index (χ4v) is 4.99. The van der Waals surface area contributed by atoms with Crippen molar-refractivity contribution in [3.05, 3.63) is 35.9 Å². The maximum atomic E-state index is 3.74. The van der Waals surface area contributed by atoms with Gasteiger partial charge in [-0.15, -0.1) is 0 Å². The van der Waals surface area contributed by atoms with Gasteiger partial charge in [-0.3, -0.25) is 0 Å². The molecule has 2 aliphatic carbocycles. The number of nitrogens with one attached hydrogen (secondary N) is 1. The van der Waals surface area contributed by atoms with Gasteiger partial charge < -0.3 is 5.32 Å². The second-order valence-electron chi connectivity index (χ2n) is 7.31. The molecule has 0 aromatic heterocycles. The summed E-state index contributed by atoms with van der Waals surface area (Å²) in [5, 5.41) is 3.74. The monoisotopic (exact) mass is 285 g/mol. The largest absolute Gasteiger partial charge is 0.316 e. The van der Waals surface area contributed by atoms with Gasteiger partial charge in [0.2, 0.25) is 0 Å². The number of likely N-dealkylation sites (N-methyl/N-ethyl adjacent to an activating group) is 1. The maximum Gasteiger partial charge on any atom is 0.0164 e. The Labute approximate surface area is 130 Å². The Balaban J connectivity index is 1.85. The number of hydrogen-bond donors (Lipinski definition) is 1. The van der Waals surface area contributed by atoms with Gasteiger partial charge in [0.25, 0.3) is 0 Å². The van der Waals surface area contributed by atoms with Crippen molar-refractivity contribution in [2.45, 2.75) is 75.7 Å². The molecule has 1 N–H and O–H groups in total. The fraction of sp³-hybridized carbons (Fsp3) is 0.700. The molecule has 1 unspecified atom stereocenters. The van der Waals surface area contributed by atoms with Crippen molar-refractivity contribution in [3.8, 4) is 0 Å². The van der Waals surface area contributed by atoms with Crippen molar-refractivity contribution < 1.29 is 0 Å². The third-order valence-corrected chi connectivity index (χ3v) is 6.15. The molecular weight excluding hydrogens is 254 g/mol. The standard InChI is InChI=1S/C20H31N/c1-21-19(16-17-10-6-7-11-17)20(14-8-3-9-15-20)18-12-4-2-5-13-18/h2,4-5,12-13,17,19,21H,3,6-11,14-16H2,1H3. The normalized spacial score (nSPS) is 24.0. The fourth-order valence-electron chi connectivity index (χ4n) is 4.99. The highest BCUT2D eigenvalue weighted by Gasteiger charge is 2.41. The second kappa shape index (κ2) is 6.96. The van der Waals surface area contributed by atoms with Crippen LogP contribution in [0.5, 0.6) is 0 Å². The molecule has 0 spiro atoms. The van der Waals surface area contributed by atoms with E-state index >= 15 is 0 Å². The highest BCUT2D eigenvalue weighted by atomic mass is 14.9. The van der Waals surface area contributed by atoms with E-state index in [1.807, 2.05) is 0 Å². The molecule has 21 heavy (non-hydrogen) atoms. The number of hydrogen-bond acceptors (Lipinski definition) is 1. The SMILES string of the molecule is CNC(CC1CCCC1)C1(c2ccccc2)CCCCC1. The van der Waals surface area contributed by atoms with Crippen molar-refractivity contribution >= 4 is 0 Å². The van der Waals surface area contributed by atoms with Gasteiger partial charge in [0, 0.05) is 11.5 Å². The van der Waals surface area contributed by atoms with Crippen LogP contribution in [0.15, 0.2) is 30.3 Å². The molecule has 1 heteroatoms. The molecule has 1 aromatic carbocycles. The molecule has 1 aromatic rings. The molecule has 1 nitrogen and oxygen atoms in total. The van der Waals surface area contributed by atoms with Gasteiger partial charge in [0.05, 0.1) is 0 Å². The van der Waals surface area contributed by atoms with Crippen LogP contribution in [-0.2, 0) is 5.41 Å². The van der Waals surface area contributed by atoms with E-state index in [0.717, 1.165) is 5.92 Å². The minimum Gasteiger partial charge on any atom is -0.316 e. The summed E-state index contributed by atoms with van der Waals surface area (Å²) in [6.07, 6.45) is 14.2. The first-order chi connectivity index (χ1) is 10.3. The predicted molar refractivity (Wildman–Crippen MR) is 90.6 cm³/mol. The molecule has 0 aliphatic heterocycles. The van der Waals surface area contributed by atoms with Gasteiger partial charge >= 0.3 is 0 Å². The van der Waals surface area contributed by atoms with Gasteiger partial charge in [-0.05, 0) is 37.8 Å². The molecule has 0 amide bonds. The zero-order chi connectivity index (χ0) is 14.5. The average Bonchev–Trinajstić information content (AvgIpc) is 3.07. The molecule has 3 rings (SSSR count). The Bertz CT molecular complexity index is 413. The zero-order valence-corrected chi connectivity index (χ0v) is 13.6. The summed E-state index contributed by atoms with van der Waals surface area (Å²) < 4.78 is 0. The van der Waals surface area contributed by atoms with Crippen LogP contribution in [0.2, 0.25) is 0 Å². The lowest BCUT2D eigenvalue weighted by molar-refractivity contribution is 0.193. The Hall–Kier alpha value is -0.820. The van der Waals surface area contributed by atoms with Crippen LogP contribution in [-0.4, -0.2) is 13.1 Å². The van der Waals surface area contributed by atoms with Crippen LogP contribution >= 0.6 is 0 Å². The topological polar surface area (TPSA) is 12.0 Å². The van der Waals surface area contributed by atoms with Gasteiger partial charge in [-0.1, -0.05) is 75.3 Å². The minimum absolute atomic E-state index is 0.386. The average molecular weight is 285 g/mol. The smallest absolute Gasteiger partial charge is 0.0164 e. The number of rotatable bonds is 5. The van der Waals surface area contributed by atoms with E-state index in [1.54, 1.807) is 5.56 Å². The third kappa shape index (κ3) is 3.18. The molecule has 1 atom stereocenters. The molecular formula is C20H31N. The zero-order valence-electron chi connectivity index (χ0n) is 13.6. The van der Waals surface area contributed by atoms with Crippen molar-refractivity contribution in [1.82, 2.24) is 5.32 Å². The van der Waals surface area contributed by atoms with Crippen molar-refractivity contribution in [2.24, 2.45) is 5.92 Å². The van der Waals surface area contributed by atoms with Crippen LogP contribution in [0.1, 0.15) is 69.8 Å². The van der Waals surface area contributed by atoms with E-state index in [-0.39, 0.29) is 0 Å². The molecule has 0 bridgehead atoms. The van der Waals surface area contributed by atoms with E-state index in [2.05, 4.69) is 42.7 Å². The van der Waals surface area contributed by atoms with Crippen molar-refractivity contribution in [1.29, 1.82) is 0 Å². The molecule has 0 heterocycles. The van der Waals surface area contributed by atoms with Crippen LogP contribution in [0.4, 0.5) is 0 Å². The first kappa shape index (κ1) is 15.1. The second-order valence-corrected chi connectivity index (χ2v) is 7.31. The van der Waals surface area contributed by atoms with Gasteiger partial charge in [-0.2, -0.15) is 0 Å². The lowest BCUT2D eigenvalue weighted by atomic mass is 9.63. The van der Waals surface area contributed by atoms with Crippen molar-refractivity contribution in [3.63, 3.8) is 0 Å². The summed E-state index contributed by atoms with van der Waals surface area (Å²) in [4.78, 5) is 0. The van der Waals surface area contributed by atoms with E-state index in [1.165, 1.54) is 64.2 Å². The molecule has 116 valence electrons. The van der Waals surface area contributed by atoms with Gasteiger partial charge in [0.15, 0.2) is 0 Å². The molecule has 0 radical (unpaired) electrons. The Morgan fingerprint density at radius 1 is 1.00 bits per heavy atom. The summed E-state index contributed by atoms with van der Waals surface area (Å²) in [6, 6.07) is 12.0. The quantitative estimate of drug-likeness (QED) is 0.797. The molecule has 2 fully saturated rings. The minimum atomic E-state index is 0.386. The lowest BCUT2D eigenvalue weighted by Gasteiger charge is -2.45. The lowest BCUT2D eigenvalue weighted by Crippen LogP contribution is -2.49. The van der Waals surface area contributed by atoms with E-state index < -0.39 is 0 Å². The van der Waals surface area contributed by atoms with Crippen molar-refractivity contribution in [2.75, 3.05) is 7.05 Å².